The molecule has 2 N–H and O–H groups in total. The first kappa shape index (κ1) is 14.6. The lowest BCUT2D eigenvalue weighted by atomic mass is 10.0. The van der Waals surface area contributed by atoms with Crippen LogP contribution in [0.15, 0.2) is 30.3 Å². The zero-order chi connectivity index (χ0) is 15.1. The normalized spacial score (nSPS) is 21.0. The van der Waals surface area contributed by atoms with E-state index in [2.05, 4.69) is 5.32 Å². The maximum Gasteiger partial charge on any atom is 0.330 e. The lowest BCUT2D eigenvalue weighted by Gasteiger charge is -2.15. The Labute approximate surface area is 119 Å². The minimum Gasteiger partial charge on any atom is -0.479 e. The van der Waals surface area contributed by atoms with Crippen LogP contribution >= 0.6 is 0 Å². The Morgan fingerprint density at radius 1 is 1.10 bits per heavy atom. The number of rotatable bonds is 4. The first-order valence-electron chi connectivity index (χ1n) is 6.77. The molecule has 1 atom stereocenters. The van der Waals surface area contributed by atoms with E-state index in [0.29, 0.717) is 5.56 Å². The van der Waals surface area contributed by atoms with Gasteiger partial charge in [-0.15, -0.1) is 0 Å². The minimum absolute atomic E-state index is 0.100. The van der Waals surface area contributed by atoms with Gasteiger partial charge in [0.2, 0.25) is 5.91 Å². The SMILES string of the molecule is CC1(C)C(C(=O)N[C@@H](C(=O)O)c2ccccc2)C1(C)C. The van der Waals surface area contributed by atoms with Gasteiger partial charge >= 0.3 is 5.97 Å². The summed E-state index contributed by atoms with van der Waals surface area (Å²) in [6.07, 6.45) is 0. The first-order valence-corrected chi connectivity index (χ1v) is 6.77. The number of carbonyl (C=O) groups is 2. The lowest BCUT2D eigenvalue weighted by molar-refractivity contribution is -0.142. The molecule has 0 heterocycles. The van der Waals surface area contributed by atoms with Gasteiger partial charge in [-0.3, -0.25) is 4.79 Å². The molecule has 0 saturated heterocycles. The Bertz CT molecular complexity index is 520. The third kappa shape index (κ3) is 2.19. The van der Waals surface area contributed by atoms with Crippen LogP contribution in [-0.2, 0) is 9.59 Å². The third-order valence-electron chi connectivity index (χ3n) is 4.95. The third-order valence-corrected chi connectivity index (χ3v) is 4.95. The molecule has 0 spiro atoms. The van der Waals surface area contributed by atoms with E-state index in [-0.39, 0.29) is 22.7 Å². The van der Waals surface area contributed by atoms with Crippen molar-refractivity contribution in [1.82, 2.24) is 5.32 Å². The fraction of sp³-hybridized carbons (Fsp3) is 0.500. The van der Waals surface area contributed by atoms with Crippen molar-refractivity contribution in [1.29, 1.82) is 0 Å². The van der Waals surface area contributed by atoms with E-state index < -0.39 is 12.0 Å². The number of nitrogens with one attached hydrogen (secondary N) is 1. The molecule has 0 aromatic heterocycles. The van der Waals surface area contributed by atoms with Crippen LogP contribution in [0.2, 0.25) is 0 Å². The summed E-state index contributed by atoms with van der Waals surface area (Å²) in [4.78, 5) is 23.7. The number of carbonyl (C=O) groups excluding carboxylic acids is 1. The number of hydrogen-bond acceptors (Lipinski definition) is 2. The molecule has 1 aliphatic carbocycles. The highest BCUT2D eigenvalue weighted by atomic mass is 16.4. The molecule has 4 nitrogen and oxygen atoms in total. The van der Waals surface area contributed by atoms with Crippen molar-refractivity contribution < 1.29 is 14.7 Å². The molecule has 0 unspecified atom stereocenters. The average Bonchev–Trinajstić information content (AvgIpc) is 2.77. The van der Waals surface area contributed by atoms with Crippen molar-refractivity contribution in [3.8, 4) is 0 Å². The molecule has 0 radical (unpaired) electrons. The Balaban J connectivity index is 2.16. The minimum atomic E-state index is -1.04. The number of carboxylic acids is 1. The van der Waals surface area contributed by atoms with Crippen LogP contribution in [0.3, 0.4) is 0 Å². The second-order valence-corrected chi connectivity index (χ2v) is 6.57. The van der Waals surface area contributed by atoms with Crippen LogP contribution in [0.5, 0.6) is 0 Å². The maximum absolute atomic E-state index is 12.4. The van der Waals surface area contributed by atoms with Gasteiger partial charge < -0.3 is 10.4 Å². The van der Waals surface area contributed by atoms with Crippen molar-refractivity contribution in [2.45, 2.75) is 33.7 Å². The maximum atomic E-state index is 12.4. The first-order chi connectivity index (χ1) is 9.19. The van der Waals surface area contributed by atoms with Crippen LogP contribution < -0.4 is 5.32 Å². The summed E-state index contributed by atoms with van der Waals surface area (Å²) in [6, 6.07) is 7.78. The van der Waals surface area contributed by atoms with Gasteiger partial charge in [0.25, 0.3) is 0 Å². The van der Waals surface area contributed by atoms with Crippen molar-refractivity contribution in [2.75, 3.05) is 0 Å². The zero-order valence-corrected chi connectivity index (χ0v) is 12.3. The summed E-state index contributed by atoms with van der Waals surface area (Å²) in [7, 11) is 0. The molecule has 1 amide bonds. The number of aliphatic carboxylic acids is 1. The molecular formula is C16H21NO3. The van der Waals surface area contributed by atoms with E-state index >= 15 is 0 Å². The van der Waals surface area contributed by atoms with Crippen molar-refractivity contribution >= 4 is 11.9 Å². The Morgan fingerprint density at radius 2 is 1.60 bits per heavy atom. The number of benzene rings is 1. The van der Waals surface area contributed by atoms with E-state index in [1.807, 2.05) is 33.8 Å². The van der Waals surface area contributed by atoms with Gasteiger partial charge in [-0.1, -0.05) is 58.0 Å². The highest BCUT2D eigenvalue weighted by molar-refractivity contribution is 5.89. The number of hydrogen-bond donors (Lipinski definition) is 2. The lowest BCUT2D eigenvalue weighted by Crippen LogP contribution is -2.36. The van der Waals surface area contributed by atoms with Crippen LogP contribution in [0.1, 0.15) is 39.3 Å². The van der Waals surface area contributed by atoms with Crippen molar-refractivity contribution in [3.05, 3.63) is 35.9 Å². The topological polar surface area (TPSA) is 66.4 Å². The summed E-state index contributed by atoms with van der Waals surface area (Å²) in [5, 5.41) is 12.0. The van der Waals surface area contributed by atoms with Gasteiger partial charge in [0.05, 0.1) is 0 Å². The summed E-state index contributed by atoms with van der Waals surface area (Å²) < 4.78 is 0. The Kier molecular flexibility index (Phi) is 3.36. The van der Waals surface area contributed by atoms with Crippen LogP contribution in [0.4, 0.5) is 0 Å². The Hall–Kier alpha value is -1.84. The zero-order valence-electron chi connectivity index (χ0n) is 12.3. The molecule has 108 valence electrons. The smallest absolute Gasteiger partial charge is 0.330 e. The molecule has 1 aliphatic rings. The molecule has 1 saturated carbocycles. The van der Waals surface area contributed by atoms with Gasteiger partial charge in [0, 0.05) is 5.92 Å². The van der Waals surface area contributed by atoms with Crippen molar-refractivity contribution in [2.24, 2.45) is 16.7 Å². The highest BCUT2D eigenvalue weighted by Gasteiger charge is 2.68. The molecule has 4 heteroatoms. The summed E-state index contributed by atoms with van der Waals surface area (Å²) in [5.41, 5.74) is 0.387. The highest BCUT2D eigenvalue weighted by Crippen LogP contribution is 2.68. The van der Waals surface area contributed by atoms with Gasteiger partial charge in [0.1, 0.15) is 0 Å². The molecule has 1 aromatic carbocycles. The molecule has 1 fully saturated rings. The predicted octanol–water partition coefficient (Wildman–Crippen LogP) is 2.61. The van der Waals surface area contributed by atoms with Gasteiger partial charge in [-0.05, 0) is 16.4 Å². The van der Waals surface area contributed by atoms with Crippen LogP contribution in [-0.4, -0.2) is 17.0 Å². The largest absolute Gasteiger partial charge is 0.479 e. The second kappa shape index (κ2) is 4.62. The average molecular weight is 275 g/mol. The van der Waals surface area contributed by atoms with Gasteiger partial charge in [0.15, 0.2) is 6.04 Å². The summed E-state index contributed by atoms with van der Waals surface area (Å²) in [6.45, 7) is 8.15. The number of carboxylic acid groups (broad SMARTS) is 1. The fourth-order valence-electron chi connectivity index (χ4n) is 3.01. The van der Waals surface area contributed by atoms with E-state index in [1.54, 1.807) is 24.3 Å². The second-order valence-electron chi connectivity index (χ2n) is 6.57. The molecule has 0 aliphatic heterocycles. The Morgan fingerprint density at radius 3 is 2.00 bits per heavy atom. The summed E-state index contributed by atoms with van der Waals surface area (Å²) >= 11 is 0. The molecule has 1 aromatic rings. The molecule has 0 bridgehead atoms. The standard InChI is InChI=1S/C16H21NO3/c1-15(2)12(16(15,3)4)13(18)17-11(14(19)20)10-8-6-5-7-9-10/h5-9,11-12H,1-4H3,(H,17,18)(H,19,20)/t11-/m1/s1. The van der Waals surface area contributed by atoms with Gasteiger partial charge in [-0.25, -0.2) is 4.79 Å². The van der Waals surface area contributed by atoms with Gasteiger partial charge in [-0.2, -0.15) is 0 Å². The van der Waals surface area contributed by atoms with Crippen molar-refractivity contribution in [3.63, 3.8) is 0 Å². The monoisotopic (exact) mass is 275 g/mol. The quantitative estimate of drug-likeness (QED) is 0.887. The molecule has 2 rings (SSSR count). The fourth-order valence-corrected chi connectivity index (χ4v) is 3.01. The van der Waals surface area contributed by atoms with Crippen LogP contribution in [0.25, 0.3) is 0 Å². The van der Waals surface area contributed by atoms with Crippen LogP contribution in [0, 0.1) is 16.7 Å². The van der Waals surface area contributed by atoms with E-state index in [0.717, 1.165) is 0 Å². The number of amides is 1. The summed E-state index contributed by atoms with van der Waals surface area (Å²) in [5.74, 6) is -1.38. The van der Waals surface area contributed by atoms with E-state index in [4.69, 9.17) is 0 Å². The molecular weight excluding hydrogens is 254 g/mol. The molecule has 20 heavy (non-hydrogen) atoms. The van der Waals surface area contributed by atoms with E-state index in [1.165, 1.54) is 0 Å². The predicted molar refractivity (Wildman–Crippen MR) is 76.0 cm³/mol. The van der Waals surface area contributed by atoms with E-state index in [9.17, 15) is 14.7 Å².